The predicted octanol–water partition coefficient (Wildman–Crippen LogP) is -3.58. The highest BCUT2D eigenvalue weighted by Gasteiger charge is 2.43. The number of carboxylic acid groups (broad SMARTS) is 1. The van der Waals surface area contributed by atoms with Crippen LogP contribution in [0, 0.1) is 5.40 Å². The Morgan fingerprint density at radius 3 is 3.13 bits per heavy atom. The molecule has 0 bridgehead atoms. The molecule has 130 valence electrons. The fraction of sp³-hybridized carbons (Fsp3) is 0.583. The van der Waals surface area contributed by atoms with Crippen LogP contribution in [0.2, 0.25) is 7.06 Å². The van der Waals surface area contributed by atoms with Crippen molar-refractivity contribution in [3.63, 3.8) is 0 Å². The first kappa shape index (κ1) is 8.47. The van der Waals surface area contributed by atoms with Crippen molar-refractivity contribution in [3.05, 3.63) is 11.8 Å². The summed E-state index contributed by atoms with van der Waals surface area (Å²) in [7, 11) is 0. The first-order chi connectivity index (χ1) is 15.4. The van der Waals surface area contributed by atoms with Crippen LogP contribution < -0.4 is 16.3 Å². The minimum Gasteiger partial charge on any atom is -0.478 e. The molecule has 23 heavy (non-hydrogen) atoms. The van der Waals surface area contributed by atoms with E-state index in [-0.39, 0.29) is 16.3 Å². The van der Waals surface area contributed by atoms with Gasteiger partial charge in [-0.3, -0.25) is 10.2 Å². The van der Waals surface area contributed by atoms with Gasteiger partial charge in [-0.05, 0) is 6.08 Å². The van der Waals surface area contributed by atoms with E-state index in [9.17, 15) is 9.59 Å². The molecule has 0 unspecified atom stereocenters. The smallest absolute Gasteiger partial charge is 0.370 e. The maximum Gasteiger partial charge on any atom is 0.370 e. The van der Waals surface area contributed by atoms with E-state index < -0.39 is 60.6 Å². The Labute approximate surface area is 145 Å². The van der Waals surface area contributed by atoms with E-state index in [4.69, 9.17) is 18.9 Å². The minimum absolute atomic E-state index is 0.104. The Hall–Kier alpha value is -2.37. The van der Waals surface area contributed by atoms with Gasteiger partial charge < -0.3 is 41.5 Å². The summed E-state index contributed by atoms with van der Waals surface area (Å²) in [6.07, 6.45) is -6.10. The fourth-order valence-electron chi connectivity index (χ4n) is 1.82. The predicted molar refractivity (Wildman–Crippen MR) is 76.1 cm³/mol. The summed E-state index contributed by atoms with van der Waals surface area (Å²) in [5.41, 5.74) is -0.279. The lowest BCUT2D eigenvalue weighted by Gasteiger charge is -2.40. The monoisotopic (exact) mass is 342 g/mol. The van der Waals surface area contributed by atoms with Gasteiger partial charge in [-0.2, -0.15) is 0 Å². The van der Waals surface area contributed by atoms with Crippen molar-refractivity contribution in [1.82, 2.24) is 10.6 Å². The van der Waals surface area contributed by atoms with Gasteiger partial charge in [0, 0.05) is 6.92 Å². The lowest BCUT2D eigenvalue weighted by molar-refractivity contribution is -0.146. The number of rotatable bonds is 9. The number of hydrogen-bond acceptors (Lipinski definition) is 8. The highest BCUT2D eigenvalue weighted by Crippen LogP contribution is 2.23. The van der Waals surface area contributed by atoms with Crippen LogP contribution in [0.1, 0.15) is 8.29 Å². The third-order valence-electron chi connectivity index (χ3n) is 2.73. The first-order valence-electron chi connectivity index (χ1n) is 10.6. The Morgan fingerprint density at radius 1 is 1.70 bits per heavy atom. The van der Waals surface area contributed by atoms with E-state index in [1.165, 1.54) is 0 Å². The lowest BCUT2D eigenvalue weighted by Crippen LogP contribution is -2.64. The molecule has 1 aliphatic heterocycles. The number of amides is 1. The summed E-state index contributed by atoms with van der Waals surface area (Å²) in [6, 6.07) is -3.90. The zero-order valence-corrected chi connectivity index (χ0v) is 11.7. The van der Waals surface area contributed by atoms with Gasteiger partial charge in [-0.15, -0.1) is 0 Å². The second kappa shape index (κ2) is 7.76. The molecule has 9 N–H and O–H groups in total. The molecule has 0 aliphatic carbocycles. The molecule has 0 saturated carbocycles. The molecule has 1 aliphatic rings. The maximum atomic E-state index is 12.0. The van der Waals surface area contributed by atoms with Crippen molar-refractivity contribution in [2.75, 3.05) is 6.61 Å². The molecule has 1 rings (SSSR count). The van der Waals surface area contributed by atoms with E-state index >= 15 is 0 Å². The van der Waals surface area contributed by atoms with E-state index in [1.807, 2.05) is 0 Å². The molecule has 0 fully saturated rings. The normalized spacial score (nSPS) is 36.0. The van der Waals surface area contributed by atoms with Gasteiger partial charge in [0.25, 0.3) is 1.43 Å². The summed E-state index contributed by atoms with van der Waals surface area (Å²) in [6.45, 7) is 0.102. The van der Waals surface area contributed by atoms with Crippen molar-refractivity contribution in [2.45, 2.75) is 37.3 Å². The SMILES string of the molecule is [2H]N=C(N([2H])[2H])N([2H])[C@H]1C=C(C(=O)O[2H])O[C@@]([2H])([C@H](O[2H])[C@@H](CO[2H])O[2H])[C@@H]1N([2H])C(C)=O. The topological polar surface area (TPSA) is 198 Å². The summed E-state index contributed by atoms with van der Waals surface area (Å²) in [4.78, 5) is 24.1. The molecular weight excluding hydrogens is 312 g/mol. The second-order valence-corrected chi connectivity index (χ2v) is 4.46. The standard InChI is InChI=1S/C12H20N4O7/c1-4(18)15-8-5(16-12(13)14)2-7(11(21)22)23-10(8)9(20)6(19)3-17/h2,5-6,8-10,17,19-20H,3H2,1H3,(H,15,18)(H,21,22)(H4,13,14,16)/t5-,6+,8+,9+,10+/m0/s1/i10D,17D,19D,20D/hD6. The van der Waals surface area contributed by atoms with Crippen LogP contribution >= 0.6 is 0 Å². The van der Waals surface area contributed by atoms with Gasteiger partial charge in [-0.25, -0.2) is 4.79 Å². The van der Waals surface area contributed by atoms with Crippen molar-refractivity contribution < 1.29 is 43.2 Å². The van der Waals surface area contributed by atoms with Crippen molar-refractivity contribution in [2.24, 2.45) is 5.72 Å². The molecule has 0 aromatic heterocycles. The Morgan fingerprint density at radius 2 is 2.57 bits per heavy atom. The number of hydrogen-bond donors (Lipinski definition) is 8. The third kappa shape index (κ3) is 4.81. The zero-order chi connectivity index (χ0) is 25.5. The number of aliphatic hydroxyl groups excluding tert-OH is 3. The van der Waals surface area contributed by atoms with Crippen LogP contribution in [0.5, 0.6) is 0 Å². The Kier molecular flexibility index (Phi) is 2.86. The molecule has 11 heteroatoms. The van der Waals surface area contributed by atoms with Crippen LogP contribution in [0.25, 0.3) is 1.43 Å². The van der Waals surface area contributed by atoms with Crippen molar-refractivity contribution >= 4 is 17.8 Å². The summed E-state index contributed by atoms with van der Waals surface area (Å²) >= 11 is 0. The van der Waals surface area contributed by atoms with Crippen LogP contribution in [-0.4, -0.2) is 79.5 Å². The number of nitrogens with one attached hydrogen (secondary N) is 3. The minimum atomic E-state index is -2.95. The van der Waals surface area contributed by atoms with Gasteiger partial charge in [0.1, 0.15) is 18.3 Å². The van der Waals surface area contributed by atoms with Crippen LogP contribution in [0.4, 0.5) is 0 Å². The number of carboxylic acids is 1. The number of aliphatic hydroxyl groups is 3. The zero-order valence-electron chi connectivity index (χ0n) is 21.7. The van der Waals surface area contributed by atoms with E-state index in [1.54, 1.807) is 0 Å². The molecule has 1 amide bonds. The quantitative estimate of drug-likeness (QED) is 0.154. The van der Waals surface area contributed by atoms with Crippen molar-refractivity contribution in [3.8, 4) is 0 Å². The van der Waals surface area contributed by atoms with Gasteiger partial charge >= 0.3 is 5.97 Å². The largest absolute Gasteiger partial charge is 0.478 e. The van der Waals surface area contributed by atoms with Crippen LogP contribution in [0.3, 0.4) is 0 Å². The number of guanidine groups is 1. The van der Waals surface area contributed by atoms with E-state index in [2.05, 4.69) is 25.8 Å². The molecule has 0 radical (unpaired) electrons. The molecule has 11 nitrogen and oxygen atoms in total. The number of aliphatic carboxylic acids is 1. The molecular formula is C12H20N4O7. The highest BCUT2D eigenvalue weighted by molar-refractivity contribution is 5.85. The van der Waals surface area contributed by atoms with E-state index in [0.29, 0.717) is 6.08 Å². The highest BCUT2D eigenvalue weighted by atomic mass is 16.5. The number of carbonyl (C=O) groups is 2. The van der Waals surface area contributed by atoms with Gasteiger partial charge in [0.05, 0.1) is 20.1 Å². The first-order valence-corrected chi connectivity index (χ1v) is 6.22. The second-order valence-electron chi connectivity index (χ2n) is 4.46. The summed E-state index contributed by atoms with van der Waals surface area (Å²) in [5, 5.41) is 19.7. The molecule has 0 saturated heterocycles. The average Bonchev–Trinajstić information content (AvgIpc) is 2.77. The Balaban J connectivity index is 3.85. The summed E-state index contributed by atoms with van der Waals surface area (Å²) in [5.74, 6) is -4.53. The molecule has 1 heterocycles. The number of ether oxygens (including phenoxy) is 1. The van der Waals surface area contributed by atoms with Gasteiger partial charge in [0.2, 0.25) is 16.0 Å². The molecule has 0 aromatic rings. The average molecular weight is 342 g/mol. The number of carbonyl (C=O) groups excluding carboxylic acids is 1. The molecule has 5 atom stereocenters. The lowest BCUT2D eigenvalue weighted by atomic mass is 9.92. The maximum absolute atomic E-state index is 12.0. The molecule has 0 spiro atoms. The fourth-order valence-corrected chi connectivity index (χ4v) is 1.82. The third-order valence-corrected chi connectivity index (χ3v) is 2.73. The Bertz CT molecular complexity index is 764. The van der Waals surface area contributed by atoms with Gasteiger partial charge in [0.15, 0.2) is 13.0 Å². The van der Waals surface area contributed by atoms with E-state index in [0.717, 1.165) is 6.92 Å². The van der Waals surface area contributed by atoms with Gasteiger partial charge in [-0.1, -0.05) is 0 Å². The molecule has 0 aromatic carbocycles. The number of nitrogens with two attached hydrogens (primary N) is 1. The van der Waals surface area contributed by atoms with Crippen molar-refractivity contribution in [1.29, 1.82) is 11.1 Å². The summed E-state index contributed by atoms with van der Waals surface area (Å²) < 4.78 is 80.2. The van der Waals surface area contributed by atoms with Crippen LogP contribution in [-0.2, 0) is 14.3 Å². The van der Waals surface area contributed by atoms with Crippen LogP contribution in [0.15, 0.2) is 11.8 Å².